The molecular formula is C12H17N3O4. The third-order valence-electron chi connectivity index (χ3n) is 2.53. The number of hydrogen-bond donors (Lipinski definition) is 5. The summed E-state index contributed by atoms with van der Waals surface area (Å²) in [5.41, 5.74) is 11.3. The van der Waals surface area contributed by atoms with Crippen molar-refractivity contribution in [3.05, 3.63) is 29.8 Å². The van der Waals surface area contributed by atoms with Crippen molar-refractivity contribution in [2.75, 3.05) is 6.54 Å². The van der Waals surface area contributed by atoms with Crippen molar-refractivity contribution in [3.63, 3.8) is 0 Å². The molecule has 0 aromatic heterocycles. The van der Waals surface area contributed by atoms with Gasteiger partial charge in [-0.25, -0.2) is 0 Å². The highest BCUT2D eigenvalue weighted by molar-refractivity contribution is 5.83. The van der Waals surface area contributed by atoms with Crippen LogP contribution in [0.3, 0.4) is 0 Å². The molecule has 2 atom stereocenters. The lowest BCUT2D eigenvalue weighted by Gasteiger charge is -2.13. The van der Waals surface area contributed by atoms with Crippen LogP contribution in [-0.4, -0.2) is 40.7 Å². The standard InChI is InChI=1S/C12H17N3O4/c13-9(5-7-1-3-8(16)4-2-7)12(19)15-6-10(17)11(14)18/h1-4,9-10,16-17H,5-6,13H2,(H2,14,18)(H,15,19)/t9-,10?/m1/s1. The lowest BCUT2D eigenvalue weighted by Crippen LogP contribution is -2.47. The third kappa shape index (κ3) is 4.94. The lowest BCUT2D eigenvalue weighted by atomic mass is 10.1. The van der Waals surface area contributed by atoms with Gasteiger partial charge in [0, 0.05) is 0 Å². The van der Waals surface area contributed by atoms with E-state index in [0.717, 1.165) is 5.56 Å². The molecule has 0 spiro atoms. The topological polar surface area (TPSA) is 139 Å². The molecule has 0 aliphatic heterocycles. The first-order chi connectivity index (χ1) is 8.90. The zero-order valence-corrected chi connectivity index (χ0v) is 10.2. The number of carbonyl (C=O) groups excluding carboxylic acids is 2. The minimum atomic E-state index is -1.43. The number of nitrogens with two attached hydrogens (primary N) is 2. The van der Waals surface area contributed by atoms with Crippen LogP contribution in [0.1, 0.15) is 5.56 Å². The second-order valence-electron chi connectivity index (χ2n) is 4.14. The van der Waals surface area contributed by atoms with Gasteiger partial charge in [0.25, 0.3) is 0 Å². The van der Waals surface area contributed by atoms with Crippen LogP contribution in [-0.2, 0) is 16.0 Å². The van der Waals surface area contributed by atoms with E-state index in [2.05, 4.69) is 5.32 Å². The van der Waals surface area contributed by atoms with E-state index in [9.17, 15) is 9.59 Å². The summed E-state index contributed by atoms with van der Waals surface area (Å²) in [5, 5.41) is 20.6. The van der Waals surface area contributed by atoms with Crippen LogP contribution < -0.4 is 16.8 Å². The molecule has 0 saturated carbocycles. The zero-order valence-electron chi connectivity index (χ0n) is 10.2. The summed E-state index contributed by atoms with van der Waals surface area (Å²) < 4.78 is 0. The molecule has 19 heavy (non-hydrogen) atoms. The van der Waals surface area contributed by atoms with Gasteiger partial charge in [0.1, 0.15) is 11.9 Å². The first-order valence-electron chi connectivity index (χ1n) is 5.68. The van der Waals surface area contributed by atoms with Crippen LogP contribution in [0.25, 0.3) is 0 Å². The number of nitrogens with one attached hydrogen (secondary N) is 1. The molecule has 104 valence electrons. The molecule has 0 bridgehead atoms. The summed E-state index contributed by atoms with van der Waals surface area (Å²) >= 11 is 0. The van der Waals surface area contributed by atoms with Gasteiger partial charge in [-0.1, -0.05) is 12.1 Å². The SMILES string of the molecule is NC(=O)C(O)CNC(=O)[C@H](N)Cc1ccc(O)cc1. The van der Waals surface area contributed by atoms with Gasteiger partial charge >= 0.3 is 0 Å². The van der Waals surface area contributed by atoms with Crippen LogP contribution in [0, 0.1) is 0 Å². The van der Waals surface area contributed by atoms with Crippen LogP contribution in [0.2, 0.25) is 0 Å². The molecule has 0 aliphatic rings. The molecule has 0 saturated heterocycles. The van der Waals surface area contributed by atoms with Gasteiger partial charge in [-0.05, 0) is 24.1 Å². The van der Waals surface area contributed by atoms with E-state index in [4.69, 9.17) is 21.7 Å². The number of phenols is 1. The van der Waals surface area contributed by atoms with E-state index in [1.807, 2.05) is 0 Å². The Bertz CT molecular complexity index is 447. The van der Waals surface area contributed by atoms with Crippen molar-refractivity contribution in [2.24, 2.45) is 11.5 Å². The van der Waals surface area contributed by atoms with Gasteiger partial charge < -0.3 is 27.0 Å². The minimum absolute atomic E-state index is 0.131. The van der Waals surface area contributed by atoms with Crippen LogP contribution >= 0.6 is 0 Å². The number of aliphatic hydroxyl groups is 1. The summed E-state index contributed by atoms with van der Waals surface area (Å²) in [6.07, 6.45) is -1.15. The first-order valence-corrected chi connectivity index (χ1v) is 5.68. The number of aromatic hydroxyl groups is 1. The van der Waals surface area contributed by atoms with Crippen LogP contribution in [0.5, 0.6) is 5.75 Å². The average molecular weight is 267 g/mol. The fourth-order valence-corrected chi connectivity index (χ4v) is 1.41. The van der Waals surface area contributed by atoms with Crippen molar-refractivity contribution in [2.45, 2.75) is 18.6 Å². The van der Waals surface area contributed by atoms with Crippen LogP contribution in [0.4, 0.5) is 0 Å². The smallest absolute Gasteiger partial charge is 0.248 e. The second-order valence-corrected chi connectivity index (χ2v) is 4.14. The number of rotatable bonds is 6. The van der Waals surface area contributed by atoms with E-state index in [-0.39, 0.29) is 18.7 Å². The van der Waals surface area contributed by atoms with Gasteiger partial charge in [0.15, 0.2) is 0 Å². The van der Waals surface area contributed by atoms with Crippen LogP contribution in [0.15, 0.2) is 24.3 Å². The summed E-state index contributed by atoms with van der Waals surface area (Å²) in [6, 6.07) is 5.49. The van der Waals surface area contributed by atoms with E-state index >= 15 is 0 Å². The fraction of sp³-hybridized carbons (Fsp3) is 0.333. The second kappa shape index (κ2) is 6.72. The quantitative estimate of drug-likeness (QED) is 0.415. The number of primary amides is 1. The van der Waals surface area contributed by atoms with E-state index in [1.54, 1.807) is 12.1 Å². The predicted molar refractivity (Wildman–Crippen MR) is 68.0 cm³/mol. The highest BCUT2D eigenvalue weighted by Crippen LogP contribution is 2.10. The van der Waals surface area contributed by atoms with Gasteiger partial charge in [-0.15, -0.1) is 0 Å². The van der Waals surface area contributed by atoms with Crippen molar-refractivity contribution in [1.82, 2.24) is 5.32 Å². The average Bonchev–Trinajstić information content (AvgIpc) is 2.37. The van der Waals surface area contributed by atoms with Crippen molar-refractivity contribution in [3.8, 4) is 5.75 Å². The number of hydrogen-bond acceptors (Lipinski definition) is 5. The van der Waals surface area contributed by atoms with Crippen molar-refractivity contribution < 1.29 is 19.8 Å². The molecule has 1 rings (SSSR count). The fourth-order valence-electron chi connectivity index (χ4n) is 1.41. The number of carbonyl (C=O) groups is 2. The maximum Gasteiger partial charge on any atom is 0.248 e. The van der Waals surface area contributed by atoms with E-state index in [1.165, 1.54) is 12.1 Å². The molecule has 7 nitrogen and oxygen atoms in total. The third-order valence-corrected chi connectivity index (χ3v) is 2.53. The molecule has 7 N–H and O–H groups in total. The minimum Gasteiger partial charge on any atom is -0.508 e. The number of aliphatic hydroxyl groups excluding tert-OH is 1. The molecule has 1 unspecified atom stereocenters. The molecule has 1 aromatic rings. The van der Waals surface area contributed by atoms with E-state index < -0.39 is 24.0 Å². The summed E-state index contributed by atoms with van der Waals surface area (Å²) in [6.45, 7) is -0.266. The summed E-state index contributed by atoms with van der Waals surface area (Å²) in [5.74, 6) is -1.27. The molecule has 0 heterocycles. The molecule has 7 heteroatoms. The van der Waals surface area contributed by atoms with Gasteiger partial charge in [-0.2, -0.15) is 0 Å². The number of amides is 2. The molecule has 0 radical (unpaired) electrons. The number of benzene rings is 1. The Morgan fingerprint density at radius 3 is 2.37 bits per heavy atom. The Hall–Kier alpha value is -2.12. The Balaban J connectivity index is 2.44. The molecule has 0 fully saturated rings. The van der Waals surface area contributed by atoms with Gasteiger partial charge in [-0.3, -0.25) is 9.59 Å². The lowest BCUT2D eigenvalue weighted by molar-refractivity contribution is -0.127. The molecule has 2 amide bonds. The van der Waals surface area contributed by atoms with Crippen molar-refractivity contribution >= 4 is 11.8 Å². The Morgan fingerprint density at radius 1 is 1.26 bits per heavy atom. The number of phenolic OH excluding ortho intramolecular Hbond substituents is 1. The summed E-state index contributed by atoms with van der Waals surface area (Å²) in [4.78, 5) is 22.2. The zero-order chi connectivity index (χ0) is 14.4. The Morgan fingerprint density at radius 2 is 1.84 bits per heavy atom. The van der Waals surface area contributed by atoms with Gasteiger partial charge in [0.2, 0.25) is 11.8 Å². The molecule has 0 aliphatic carbocycles. The van der Waals surface area contributed by atoms with Gasteiger partial charge in [0.05, 0.1) is 12.6 Å². The largest absolute Gasteiger partial charge is 0.508 e. The predicted octanol–water partition coefficient (Wildman–Crippen LogP) is -1.78. The first kappa shape index (κ1) is 14.9. The van der Waals surface area contributed by atoms with Crippen molar-refractivity contribution in [1.29, 1.82) is 0 Å². The maximum absolute atomic E-state index is 11.6. The normalized spacial score (nSPS) is 13.6. The summed E-state index contributed by atoms with van der Waals surface area (Å²) in [7, 11) is 0. The highest BCUT2D eigenvalue weighted by Gasteiger charge is 2.17. The van der Waals surface area contributed by atoms with E-state index in [0.29, 0.717) is 0 Å². The maximum atomic E-state index is 11.6. The highest BCUT2D eigenvalue weighted by atomic mass is 16.3. The Labute approximate surface area is 110 Å². The molecular weight excluding hydrogens is 250 g/mol. The molecule has 1 aromatic carbocycles. The monoisotopic (exact) mass is 267 g/mol. The Kier molecular flexibility index (Phi) is 5.28.